The Labute approximate surface area is 141 Å². The molecule has 0 saturated carbocycles. The van der Waals surface area contributed by atoms with E-state index in [4.69, 9.17) is 4.98 Å². The molecule has 0 atom stereocenters. The van der Waals surface area contributed by atoms with Gasteiger partial charge in [0.05, 0.1) is 0 Å². The summed E-state index contributed by atoms with van der Waals surface area (Å²) in [6.45, 7) is 17.9. The third kappa shape index (κ3) is 3.59. The molecule has 0 radical (unpaired) electrons. The van der Waals surface area contributed by atoms with Gasteiger partial charge in [0.25, 0.3) is 0 Å². The molecule has 0 spiro atoms. The van der Waals surface area contributed by atoms with Crippen molar-refractivity contribution in [2.75, 3.05) is 9.80 Å². The van der Waals surface area contributed by atoms with Crippen LogP contribution in [-0.4, -0.2) is 38.1 Å². The van der Waals surface area contributed by atoms with Crippen LogP contribution in [0, 0.1) is 0 Å². The maximum atomic E-state index is 4.86. The van der Waals surface area contributed by atoms with Crippen molar-refractivity contribution in [3.05, 3.63) is 6.33 Å². The zero-order valence-electron chi connectivity index (χ0n) is 16.1. The summed E-state index contributed by atoms with van der Waals surface area (Å²) in [5, 5.41) is 0. The Balaban J connectivity index is 2.46. The predicted molar refractivity (Wildman–Crippen MR) is 97.1 cm³/mol. The second-order valence-electron chi connectivity index (χ2n) is 8.49. The maximum Gasteiger partial charge on any atom is 0.231 e. The summed E-state index contributed by atoms with van der Waals surface area (Å²) in [6.07, 6.45) is 5.24. The van der Waals surface area contributed by atoms with Crippen LogP contribution in [0.4, 0.5) is 11.9 Å². The molecular formula is C18H33N5. The van der Waals surface area contributed by atoms with Gasteiger partial charge in [0.2, 0.25) is 11.9 Å². The Hall–Kier alpha value is -1.39. The van der Waals surface area contributed by atoms with Crippen LogP contribution in [0.15, 0.2) is 6.33 Å². The van der Waals surface area contributed by atoms with E-state index in [1.165, 1.54) is 6.42 Å². The van der Waals surface area contributed by atoms with Crippen LogP contribution in [0.2, 0.25) is 0 Å². The monoisotopic (exact) mass is 319 g/mol. The van der Waals surface area contributed by atoms with Crippen molar-refractivity contribution in [2.45, 2.75) is 97.8 Å². The molecule has 1 aromatic rings. The van der Waals surface area contributed by atoms with Gasteiger partial charge in [-0.1, -0.05) is 0 Å². The number of anilines is 2. The van der Waals surface area contributed by atoms with Crippen molar-refractivity contribution < 1.29 is 0 Å². The highest BCUT2D eigenvalue weighted by Crippen LogP contribution is 2.40. The lowest BCUT2D eigenvalue weighted by atomic mass is 9.80. The molecule has 23 heavy (non-hydrogen) atoms. The molecule has 0 N–H and O–H groups in total. The third-order valence-electron chi connectivity index (χ3n) is 4.88. The first-order valence-electron chi connectivity index (χ1n) is 8.84. The van der Waals surface area contributed by atoms with Crippen molar-refractivity contribution >= 4 is 11.9 Å². The van der Waals surface area contributed by atoms with E-state index in [1.807, 2.05) is 0 Å². The number of hydrogen-bond donors (Lipinski definition) is 0. The van der Waals surface area contributed by atoms with E-state index in [-0.39, 0.29) is 11.1 Å². The summed E-state index contributed by atoms with van der Waals surface area (Å²) in [5.74, 6) is 1.58. The highest BCUT2D eigenvalue weighted by atomic mass is 15.4. The molecule has 5 nitrogen and oxygen atoms in total. The predicted octanol–water partition coefficient (Wildman–Crippen LogP) is 4.04. The molecule has 0 amide bonds. The van der Waals surface area contributed by atoms with Gasteiger partial charge in [-0.3, -0.25) is 0 Å². The minimum absolute atomic E-state index is 0.0564. The van der Waals surface area contributed by atoms with Gasteiger partial charge in [-0.05, 0) is 74.7 Å². The van der Waals surface area contributed by atoms with Gasteiger partial charge < -0.3 is 9.80 Å². The molecule has 5 heteroatoms. The summed E-state index contributed by atoms with van der Waals surface area (Å²) in [7, 11) is 0. The second kappa shape index (κ2) is 6.25. The molecule has 1 aliphatic heterocycles. The maximum absolute atomic E-state index is 4.86. The fourth-order valence-electron chi connectivity index (χ4n) is 4.11. The number of aromatic nitrogens is 3. The Morgan fingerprint density at radius 3 is 1.96 bits per heavy atom. The molecular weight excluding hydrogens is 286 g/mol. The summed E-state index contributed by atoms with van der Waals surface area (Å²) in [4.78, 5) is 18.5. The highest BCUT2D eigenvalue weighted by molar-refractivity contribution is 5.44. The Morgan fingerprint density at radius 1 is 0.957 bits per heavy atom. The van der Waals surface area contributed by atoms with Gasteiger partial charge in [-0.15, -0.1) is 0 Å². The van der Waals surface area contributed by atoms with E-state index >= 15 is 0 Å². The molecule has 0 unspecified atom stereocenters. The van der Waals surface area contributed by atoms with E-state index in [2.05, 4.69) is 75.2 Å². The minimum atomic E-state index is 0.0564. The average Bonchev–Trinajstić information content (AvgIpc) is 2.35. The summed E-state index contributed by atoms with van der Waals surface area (Å²) >= 11 is 0. The van der Waals surface area contributed by atoms with E-state index in [0.717, 1.165) is 24.7 Å². The molecule has 130 valence electrons. The topological polar surface area (TPSA) is 45.2 Å². The van der Waals surface area contributed by atoms with E-state index in [0.29, 0.717) is 12.1 Å². The van der Waals surface area contributed by atoms with Crippen LogP contribution in [0.3, 0.4) is 0 Å². The van der Waals surface area contributed by atoms with Crippen LogP contribution >= 0.6 is 0 Å². The van der Waals surface area contributed by atoms with Crippen LogP contribution in [0.5, 0.6) is 0 Å². The standard InChI is InChI=1S/C18H33N5/c1-13(2)22(14(3)4)15-19-12-20-16(21-15)23-17(5,6)10-9-11-18(23,7)8/h12-14H,9-11H2,1-8H3. The number of rotatable bonds is 4. The van der Waals surface area contributed by atoms with Gasteiger partial charge in [-0.2, -0.15) is 4.98 Å². The van der Waals surface area contributed by atoms with E-state index in [1.54, 1.807) is 6.33 Å². The smallest absolute Gasteiger partial charge is 0.231 e. The number of nitrogens with zero attached hydrogens (tertiary/aromatic N) is 5. The van der Waals surface area contributed by atoms with Crippen molar-refractivity contribution in [2.24, 2.45) is 0 Å². The molecule has 0 aliphatic carbocycles. The molecule has 1 aliphatic rings. The molecule has 1 aromatic heterocycles. The lowest BCUT2D eigenvalue weighted by molar-refractivity contribution is 0.239. The normalized spacial score (nSPS) is 20.2. The van der Waals surface area contributed by atoms with Crippen molar-refractivity contribution in [3.8, 4) is 0 Å². The lowest BCUT2D eigenvalue weighted by Crippen LogP contribution is -2.59. The van der Waals surface area contributed by atoms with E-state index in [9.17, 15) is 0 Å². The van der Waals surface area contributed by atoms with Gasteiger partial charge in [0.1, 0.15) is 6.33 Å². The zero-order valence-corrected chi connectivity index (χ0v) is 16.1. The summed E-state index contributed by atoms with van der Waals surface area (Å²) in [6, 6.07) is 0.709. The van der Waals surface area contributed by atoms with E-state index < -0.39 is 0 Å². The summed E-state index contributed by atoms with van der Waals surface area (Å²) in [5.41, 5.74) is 0.113. The summed E-state index contributed by atoms with van der Waals surface area (Å²) < 4.78 is 0. The Kier molecular flexibility index (Phi) is 4.88. The average molecular weight is 319 g/mol. The first kappa shape index (κ1) is 18.0. The SMILES string of the molecule is CC(C)N(c1ncnc(N2C(C)(C)CCCC2(C)C)n1)C(C)C. The molecule has 0 aromatic carbocycles. The van der Waals surface area contributed by atoms with Gasteiger partial charge >= 0.3 is 0 Å². The van der Waals surface area contributed by atoms with Crippen molar-refractivity contribution in [1.29, 1.82) is 0 Å². The van der Waals surface area contributed by atoms with Gasteiger partial charge in [0, 0.05) is 23.2 Å². The first-order chi connectivity index (χ1) is 10.6. The molecule has 2 heterocycles. The zero-order chi connectivity index (χ0) is 17.4. The van der Waals surface area contributed by atoms with Crippen LogP contribution in [0.25, 0.3) is 0 Å². The fourth-order valence-corrected chi connectivity index (χ4v) is 4.11. The van der Waals surface area contributed by atoms with Gasteiger partial charge in [0.15, 0.2) is 0 Å². The number of piperidine rings is 1. The Bertz CT molecular complexity index is 512. The number of hydrogen-bond acceptors (Lipinski definition) is 5. The van der Waals surface area contributed by atoms with Crippen molar-refractivity contribution in [3.63, 3.8) is 0 Å². The third-order valence-corrected chi connectivity index (χ3v) is 4.88. The van der Waals surface area contributed by atoms with Gasteiger partial charge in [-0.25, -0.2) is 9.97 Å². The minimum Gasteiger partial charge on any atom is -0.336 e. The molecule has 1 fully saturated rings. The first-order valence-corrected chi connectivity index (χ1v) is 8.84. The van der Waals surface area contributed by atoms with Crippen LogP contribution in [0.1, 0.15) is 74.7 Å². The fraction of sp³-hybridized carbons (Fsp3) is 0.833. The largest absolute Gasteiger partial charge is 0.336 e. The Morgan fingerprint density at radius 2 is 1.48 bits per heavy atom. The molecule has 2 rings (SSSR count). The van der Waals surface area contributed by atoms with Crippen LogP contribution in [-0.2, 0) is 0 Å². The molecule has 1 saturated heterocycles. The van der Waals surface area contributed by atoms with Crippen LogP contribution < -0.4 is 9.80 Å². The second-order valence-corrected chi connectivity index (χ2v) is 8.49. The highest BCUT2D eigenvalue weighted by Gasteiger charge is 2.43. The molecule has 0 bridgehead atoms. The van der Waals surface area contributed by atoms with Crippen molar-refractivity contribution in [1.82, 2.24) is 15.0 Å². The quantitative estimate of drug-likeness (QED) is 0.838. The lowest BCUT2D eigenvalue weighted by Gasteiger charge is -2.53.